The molecule has 0 aliphatic heterocycles. The lowest BCUT2D eigenvalue weighted by atomic mass is 9.93. The summed E-state index contributed by atoms with van der Waals surface area (Å²) >= 11 is 0. The summed E-state index contributed by atoms with van der Waals surface area (Å²) in [6, 6.07) is 3.96. The number of benzene rings is 1. The molecule has 0 aromatic heterocycles. The Morgan fingerprint density at radius 2 is 1.57 bits per heavy atom. The maximum absolute atomic E-state index is 5.79. The van der Waals surface area contributed by atoms with Crippen LogP contribution in [0.3, 0.4) is 0 Å². The fourth-order valence-corrected chi connectivity index (χ4v) is 2.39. The summed E-state index contributed by atoms with van der Waals surface area (Å²) in [5.41, 5.74) is 7.00. The molecule has 0 unspecified atom stereocenters. The third kappa shape index (κ3) is 4.79. The van der Waals surface area contributed by atoms with Crippen LogP contribution in [0.25, 0.3) is 0 Å². The van der Waals surface area contributed by atoms with Gasteiger partial charge in [-0.25, -0.2) is 0 Å². The Kier molecular flexibility index (Phi) is 6.30. The highest BCUT2D eigenvalue weighted by molar-refractivity contribution is 5.53. The van der Waals surface area contributed by atoms with E-state index in [1.165, 1.54) is 0 Å². The second-order valence-electron chi connectivity index (χ2n) is 6.07. The molecule has 0 aliphatic carbocycles. The summed E-state index contributed by atoms with van der Waals surface area (Å²) in [5, 5.41) is 0. The Balaban J connectivity index is 2.93. The fraction of sp³-hybridized carbons (Fsp3) is 0.625. The summed E-state index contributed by atoms with van der Waals surface area (Å²) < 4.78 is 16.1. The molecule has 0 radical (unpaired) electrons. The van der Waals surface area contributed by atoms with Crippen molar-refractivity contribution in [1.82, 2.24) is 4.90 Å². The molecule has 5 heteroatoms. The molecular weight excluding hydrogens is 268 g/mol. The highest BCUT2D eigenvalue weighted by Crippen LogP contribution is 2.38. The zero-order chi connectivity index (χ0) is 16.0. The van der Waals surface area contributed by atoms with Gasteiger partial charge in [-0.3, -0.25) is 0 Å². The van der Waals surface area contributed by atoms with Gasteiger partial charge in [0.15, 0.2) is 11.5 Å². The minimum absolute atomic E-state index is 0.0927. The first kappa shape index (κ1) is 17.6. The molecule has 5 nitrogen and oxygen atoms in total. The summed E-state index contributed by atoms with van der Waals surface area (Å²) in [5.74, 6) is 1.98. The molecule has 1 rings (SSSR count). The van der Waals surface area contributed by atoms with E-state index in [4.69, 9.17) is 19.9 Å². The normalized spacial score (nSPS) is 11.6. The standard InChI is InChI=1S/C16H28N2O3/c1-16(2,10-17)11-18(3)9-12-7-13(19-4)15(21-6)14(8-12)20-5/h7-8H,9-11,17H2,1-6H3. The zero-order valence-corrected chi connectivity index (χ0v) is 14.0. The van der Waals surface area contributed by atoms with E-state index in [9.17, 15) is 0 Å². The highest BCUT2D eigenvalue weighted by Gasteiger charge is 2.19. The first-order chi connectivity index (χ1) is 9.86. The Morgan fingerprint density at radius 3 is 1.95 bits per heavy atom. The molecule has 0 heterocycles. The van der Waals surface area contributed by atoms with Gasteiger partial charge in [-0.1, -0.05) is 13.8 Å². The molecule has 0 amide bonds. The van der Waals surface area contributed by atoms with E-state index in [1.54, 1.807) is 21.3 Å². The van der Waals surface area contributed by atoms with Crippen molar-refractivity contribution < 1.29 is 14.2 Å². The van der Waals surface area contributed by atoms with Crippen LogP contribution in [0.5, 0.6) is 17.2 Å². The molecule has 0 saturated heterocycles. The van der Waals surface area contributed by atoms with E-state index in [1.807, 2.05) is 12.1 Å². The fourth-order valence-electron chi connectivity index (χ4n) is 2.39. The molecule has 0 atom stereocenters. The first-order valence-corrected chi connectivity index (χ1v) is 7.04. The van der Waals surface area contributed by atoms with Crippen LogP contribution in [-0.2, 0) is 6.54 Å². The number of hydrogen-bond acceptors (Lipinski definition) is 5. The third-order valence-corrected chi connectivity index (χ3v) is 3.43. The van der Waals surface area contributed by atoms with E-state index in [2.05, 4.69) is 25.8 Å². The largest absolute Gasteiger partial charge is 0.493 e. The maximum Gasteiger partial charge on any atom is 0.203 e. The molecule has 0 saturated carbocycles. The SMILES string of the molecule is COc1cc(CN(C)CC(C)(C)CN)cc(OC)c1OC. The molecule has 0 fully saturated rings. The first-order valence-electron chi connectivity index (χ1n) is 7.04. The van der Waals surface area contributed by atoms with Crippen molar-refractivity contribution in [2.75, 3.05) is 41.5 Å². The van der Waals surface area contributed by atoms with Crippen molar-refractivity contribution in [2.24, 2.45) is 11.1 Å². The average molecular weight is 296 g/mol. The van der Waals surface area contributed by atoms with Gasteiger partial charge in [0.05, 0.1) is 21.3 Å². The number of hydrogen-bond donors (Lipinski definition) is 1. The van der Waals surface area contributed by atoms with Gasteiger partial charge in [0, 0.05) is 13.1 Å². The number of ether oxygens (including phenoxy) is 3. The van der Waals surface area contributed by atoms with Crippen molar-refractivity contribution in [2.45, 2.75) is 20.4 Å². The van der Waals surface area contributed by atoms with Crippen LogP contribution >= 0.6 is 0 Å². The smallest absolute Gasteiger partial charge is 0.203 e. The second-order valence-corrected chi connectivity index (χ2v) is 6.07. The molecule has 0 bridgehead atoms. The van der Waals surface area contributed by atoms with Gasteiger partial charge in [-0.05, 0) is 36.7 Å². The average Bonchev–Trinajstić information content (AvgIpc) is 2.45. The van der Waals surface area contributed by atoms with E-state index in [0.717, 1.165) is 18.7 Å². The number of rotatable bonds is 8. The molecule has 0 aliphatic rings. The van der Waals surface area contributed by atoms with Gasteiger partial charge in [0.2, 0.25) is 5.75 Å². The Morgan fingerprint density at radius 1 is 1.05 bits per heavy atom. The maximum atomic E-state index is 5.79. The summed E-state index contributed by atoms with van der Waals surface area (Å²) in [4.78, 5) is 2.24. The molecule has 2 N–H and O–H groups in total. The number of nitrogens with two attached hydrogens (primary N) is 1. The van der Waals surface area contributed by atoms with Crippen molar-refractivity contribution in [1.29, 1.82) is 0 Å². The van der Waals surface area contributed by atoms with Gasteiger partial charge in [0.1, 0.15) is 0 Å². The van der Waals surface area contributed by atoms with Gasteiger partial charge in [-0.2, -0.15) is 0 Å². The Hall–Kier alpha value is -1.46. The van der Waals surface area contributed by atoms with E-state index < -0.39 is 0 Å². The van der Waals surface area contributed by atoms with Gasteiger partial charge in [-0.15, -0.1) is 0 Å². The molecule has 1 aromatic carbocycles. The van der Waals surface area contributed by atoms with Crippen LogP contribution in [0.4, 0.5) is 0 Å². The topological polar surface area (TPSA) is 57.0 Å². The predicted octanol–water partition coefficient (Wildman–Crippen LogP) is 2.13. The Labute approximate surface area is 128 Å². The van der Waals surface area contributed by atoms with E-state index in [-0.39, 0.29) is 5.41 Å². The van der Waals surface area contributed by atoms with Crippen molar-refractivity contribution in [3.8, 4) is 17.2 Å². The summed E-state index contributed by atoms with van der Waals surface area (Å²) in [6.07, 6.45) is 0. The minimum atomic E-state index is 0.0927. The van der Waals surface area contributed by atoms with Crippen LogP contribution in [0.1, 0.15) is 19.4 Å². The van der Waals surface area contributed by atoms with Crippen LogP contribution in [0, 0.1) is 5.41 Å². The monoisotopic (exact) mass is 296 g/mol. The number of nitrogens with zero attached hydrogens (tertiary/aromatic N) is 1. The predicted molar refractivity (Wildman–Crippen MR) is 85.3 cm³/mol. The Bertz CT molecular complexity index is 436. The number of methoxy groups -OCH3 is 3. The lowest BCUT2D eigenvalue weighted by molar-refractivity contribution is 0.209. The van der Waals surface area contributed by atoms with Crippen molar-refractivity contribution in [3.05, 3.63) is 17.7 Å². The lowest BCUT2D eigenvalue weighted by Crippen LogP contribution is -2.36. The van der Waals surface area contributed by atoms with Crippen LogP contribution in [0.15, 0.2) is 12.1 Å². The van der Waals surface area contributed by atoms with Crippen LogP contribution < -0.4 is 19.9 Å². The van der Waals surface area contributed by atoms with Gasteiger partial charge < -0.3 is 24.8 Å². The minimum Gasteiger partial charge on any atom is -0.493 e. The third-order valence-electron chi connectivity index (χ3n) is 3.43. The quantitative estimate of drug-likeness (QED) is 0.796. The molecule has 21 heavy (non-hydrogen) atoms. The molecule has 1 aromatic rings. The van der Waals surface area contributed by atoms with Gasteiger partial charge in [0.25, 0.3) is 0 Å². The zero-order valence-electron chi connectivity index (χ0n) is 14.0. The van der Waals surface area contributed by atoms with Gasteiger partial charge >= 0.3 is 0 Å². The summed E-state index contributed by atoms with van der Waals surface area (Å²) in [7, 11) is 6.95. The van der Waals surface area contributed by atoms with E-state index >= 15 is 0 Å². The van der Waals surface area contributed by atoms with Crippen LogP contribution in [-0.4, -0.2) is 46.4 Å². The van der Waals surface area contributed by atoms with Crippen molar-refractivity contribution >= 4 is 0 Å². The molecule has 0 spiro atoms. The molecular formula is C16H28N2O3. The van der Waals surface area contributed by atoms with Crippen LogP contribution in [0.2, 0.25) is 0 Å². The summed E-state index contributed by atoms with van der Waals surface area (Å²) in [6.45, 7) is 6.70. The second kappa shape index (κ2) is 7.52. The lowest BCUT2D eigenvalue weighted by Gasteiger charge is -2.29. The molecule has 120 valence electrons. The van der Waals surface area contributed by atoms with E-state index in [0.29, 0.717) is 23.8 Å². The highest BCUT2D eigenvalue weighted by atomic mass is 16.5. The van der Waals surface area contributed by atoms with Crippen molar-refractivity contribution in [3.63, 3.8) is 0 Å².